The summed E-state index contributed by atoms with van der Waals surface area (Å²) in [6, 6.07) is 0. The van der Waals surface area contributed by atoms with Gasteiger partial charge >= 0.3 is 6.18 Å². The first-order chi connectivity index (χ1) is 7.13. The summed E-state index contributed by atoms with van der Waals surface area (Å²) in [6.07, 6.45) is -4.45. The minimum Gasteiger partial charge on any atom is -0.339 e. The summed E-state index contributed by atoms with van der Waals surface area (Å²) in [5.74, 6) is -2.75. The number of alkyl halides is 3. The van der Waals surface area contributed by atoms with Crippen molar-refractivity contribution in [3.63, 3.8) is 0 Å². The number of nitrogens with zero attached hydrogens (tertiary/aromatic N) is 1. The van der Waals surface area contributed by atoms with Gasteiger partial charge in [0.15, 0.2) is 0 Å². The number of hydrogen-bond acceptors (Lipinski definition) is 2. The molecule has 0 aromatic heterocycles. The molecule has 0 aromatic carbocycles. The van der Waals surface area contributed by atoms with E-state index in [0.29, 0.717) is 19.6 Å². The summed E-state index contributed by atoms with van der Waals surface area (Å²) in [4.78, 5) is 12.9. The molecule has 0 saturated carbocycles. The number of hydrogen-bond donors (Lipinski definition) is 1. The first kappa shape index (κ1) is 13.3. The van der Waals surface area contributed by atoms with Crippen molar-refractivity contribution in [2.45, 2.75) is 32.5 Å². The molecule has 6 heteroatoms. The van der Waals surface area contributed by atoms with E-state index in [1.807, 2.05) is 13.8 Å². The molecule has 16 heavy (non-hydrogen) atoms. The topological polar surface area (TPSA) is 32.3 Å². The van der Waals surface area contributed by atoms with E-state index in [9.17, 15) is 18.0 Å². The molecule has 94 valence electrons. The van der Waals surface area contributed by atoms with Gasteiger partial charge in [0.05, 0.1) is 0 Å². The predicted octanol–water partition coefficient (Wildman–Crippen LogP) is 1.40. The predicted molar refractivity (Wildman–Crippen MR) is 53.9 cm³/mol. The average Bonchev–Trinajstić information content (AvgIpc) is 2.12. The summed E-state index contributed by atoms with van der Waals surface area (Å²) in [5, 5.41) is 3.15. The zero-order chi connectivity index (χ0) is 12.6. The molecule has 0 bridgehead atoms. The summed E-state index contributed by atoms with van der Waals surface area (Å²) in [6.45, 7) is 5.82. The zero-order valence-corrected chi connectivity index (χ0v) is 9.69. The van der Waals surface area contributed by atoms with Gasteiger partial charge in [-0.3, -0.25) is 4.79 Å². The van der Waals surface area contributed by atoms with Crippen molar-refractivity contribution < 1.29 is 18.0 Å². The molecule has 0 radical (unpaired) electrons. The van der Waals surface area contributed by atoms with Crippen LogP contribution < -0.4 is 5.32 Å². The highest BCUT2D eigenvalue weighted by molar-refractivity contribution is 5.79. The minimum absolute atomic E-state index is 0.312. The highest BCUT2D eigenvalue weighted by Gasteiger charge is 2.44. The molecule has 1 amide bonds. The normalized spacial score (nSPS) is 23.0. The molecule has 1 fully saturated rings. The SMILES string of the molecule is CC(C(=O)N1CCNC(C)(C)C1)C(F)(F)F. The number of halogens is 3. The molecule has 0 spiro atoms. The molecular formula is C10H17F3N2O. The fourth-order valence-corrected chi connectivity index (χ4v) is 1.74. The maximum absolute atomic E-state index is 12.4. The van der Waals surface area contributed by atoms with Crippen LogP contribution in [0.15, 0.2) is 0 Å². The lowest BCUT2D eigenvalue weighted by molar-refractivity contribution is -0.186. The van der Waals surface area contributed by atoms with Crippen LogP contribution in [0.5, 0.6) is 0 Å². The first-order valence-electron chi connectivity index (χ1n) is 5.24. The summed E-state index contributed by atoms with van der Waals surface area (Å²) < 4.78 is 37.2. The van der Waals surface area contributed by atoms with Crippen LogP contribution in [0.4, 0.5) is 13.2 Å². The highest BCUT2D eigenvalue weighted by Crippen LogP contribution is 2.28. The van der Waals surface area contributed by atoms with E-state index in [1.54, 1.807) is 0 Å². The van der Waals surface area contributed by atoms with Crippen molar-refractivity contribution in [2.24, 2.45) is 5.92 Å². The molecule has 1 N–H and O–H groups in total. The number of amides is 1. The average molecular weight is 238 g/mol. The Labute approximate surface area is 93.0 Å². The van der Waals surface area contributed by atoms with Crippen LogP contribution in [0.2, 0.25) is 0 Å². The van der Waals surface area contributed by atoms with Crippen LogP contribution in [0.1, 0.15) is 20.8 Å². The Bertz CT molecular complexity index is 276. The third-order valence-corrected chi connectivity index (χ3v) is 2.74. The lowest BCUT2D eigenvalue weighted by Crippen LogP contribution is -2.59. The van der Waals surface area contributed by atoms with E-state index >= 15 is 0 Å². The van der Waals surface area contributed by atoms with Crippen molar-refractivity contribution in [1.82, 2.24) is 10.2 Å². The van der Waals surface area contributed by atoms with Gasteiger partial charge in [-0.15, -0.1) is 0 Å². The van der Waals surface area contributed by atoms with Crippen LogP contribution in [-0.4, -0.2) is 42.2 Å². The molecule has 1 atom stereocenters. The molecule has 0 aromatic rings. The second kappa shape index (κ2) is 4.24. The minimum atomic E-state index is -4.45. The molecule has 1 saturated heterocycles. The molecular weight excluding hydrogens is 221 g/mol. The Balaban J connectivity index is 2.68. The van der Waals surface area contributed by atoms with Crippen LogP contribution >= 0.6 is 0 Å². The second-order valence-corrected chi connectivity index (χ2v) is 4.83. The van der Waals surface area contributed by atoms with Crippen molar-refractivity contribution in [2.75, 3.05) is 19.6 Å². The fraction of sp³-hybridized carbons (Fsp3) is 0.900. The number of carbonyl (C=O) groups excluding carboxylic acids is 1. The molecule has 1 aliphatic rings. The zero-order valence-electron chi connectivity index (χ0n) is 9.69. The fourth-order valence-electron chi connectivity index (χ4n) is 1.74. The molecule has 0 aliphatic carbocycles. The van der Waals surface area contributed by atoms with E-state index in [0.717, 1.165) is 6.92 Å². The Morgan fingerprint density at radius 3 is 2.44 bits per heavy atom. The van der Waals surface area contributed by atoms with Gasteiger partial charge in [0.2, 0.25) is 5.91 Å². The molecule has 3 nitrogen and oxygen atoms in total. The van der Waals surface area contributed by atoms with Crippen LogP contribution in [0.3, 0.4) is 0 Å². The van der Waals surface area contributed by atoms with Gasteiger partial charge in [-0.1, -0.05) is 0 Å². The van der Waals surface area contributed by atoms with Crippen molar-refractivity contribution in [1.29, 1.82) is 0 Å². The van der Waals surface area contributed by atoms with Gasteiger partial charge in [0.25, 0.3) is 0 Å². The Hall–Kier alpha value is -0.780. The monoisotopic (exact) mass is 238 g/mol. The maximum atomic E-state index is 12.4. The standard InChI is InChI=1S/C10H17F3N2O/c1-7(10(11,12)13)8(16)15-5-4-14-9(2,3)6-15/h7,14H,4-6H2,1-3H3. The van der Waals surface area contributed by atoms with Crippen molar-refractivity contribution in [3.8, 4) is 0 Å². The van der Waals surface area contributed by atoms with Crippen molar-refractivity contribution in [3.05, 3.63) is 0 Å². The number of rotatable bonds is 1. The first-order valence-corrected chi connectivity index (χ1v) is 5.24. The van der Waals surface area contributed by atoms with E-state index in [1.165, 1.54) is 4.90 Å². The smallest absolute Gasteiger partial charge is 0.339 e. The van der Waals surface area contributed by atoms with Crippen LogP contribution in [0, 0.1) is 5.92 Å². The number of nitrogens with one attached hydrogen (secondary N) is 1. The van der Waals surface area contributed by atoms with E-state index in [4.69, 9.17) is 0 Å². The number of piperazine rings is 1. The quantitative estimate of drug-likeness (QED) is 0.748. The molecule has 1 unspecified atom stereocenters. The molecule has 1 heterocycles. The highest BCUT2D eigenvalue weighted by atomic mass is 19.4. The number of carbonyl (C=O) groups is 1. The second-order valence-electron chi connectivity index (χ2n) is 4.83. The molecule has 1 rings (SSSR count). The lowest BCUT2D eigenvalue weighted by atomic mass is 10.0. The van der Waals surface area contributed by atoms with Gasteiger partial charge in [-0.05, 0) is 20.8 Å². The Morgan fingerprint density at radius 1 is 1.44 bits per heavy atom. The summed E-state index contributed by atoms with van der Waals surface area (Å²) >= 11 is 0. The van der Waals surface area contributed by atoms with E-state index in [-0.39, 0.29) is 5.54 Å². The molecule has 1 aliphatic heterocycles. The Kier molecular flexibility index (Phi) is 3.52. The van der Waals surface area contributed by atoms with Gasteiger partial charge in [-0.2, -0.15) is 13.2 Å². The van der Waals surface area contributed by atoms with Crippen LogP contribution in [-0.2, 0) is 4.79 Å². The summed E-state index contributed by atoms with van der Waals surface area (Å²) in [7, 11) is 0. The van der Waals surface area contributed by atoms with Gasteiger partial charge in [-0.25, -0.2) is 0 Å². The lowest BCUT2D eigenvalue weighted by Gasteiger charge is -2.40. The maximum Gasteiger partial charge on any atom is 0.400 e. The Morgan fingerprint density at radius 2 is 2.00 bits per heavy atom. The van der Waals surface area contributed by atoms with Gasteiger partial charge < -0.3 is 10.2 Å². The van der Waals surface area contributed by atoms with E-state index in [2.05, 4.69) is 5.32 Å². The van der Waals surface area contributed by atoms with Crippen molar-refractivity contribution >= 4 is 5.91 Å². The van der Waals surface area contributed by atoms with E-state index < -0.39 is 18.0 Å². The van der Waals surface area contributed by atoms with Crippen LogP contribution in [0.25, 0.3) is 0 Å². The third-order valence-electron chi connectivity index (χ3n) is 2.74. The largest absolute Gasteiger partial charge is 0.400 e. The third kappa shape index (κ3) is 3.10. The summed E-state index contributed by atoms with van der Waals surface area (Å²) in [5.41, 5.74) is -0.320. The van der Waals surface area contributed by atoms with Gasteiger partial charge in [0.1, 0.15) is 5.92 Å². The van der Waals surface area contributed by atoms with Gasteiger partial charge in [0, 0.05) is 25.2 Å².